The molecule has 1 rings (SSSR count). The van der Waals surface area contributed by atoms with Crippen LogP contribution in [-0.4, -0.2) is 12.6 Å². The molecule has 0 radical (unpaired) electrons. The molecule has 0 bridgehead atoms. The molecule has 1 unspecified atom stereocenters. The van der Waals surface area contributed by atoms with E-state index in [1.165, 1.54) is 6.07 Å². The van der Waals surface area contributed by atoms with Gasteiger partial charge >= 0.3 is 0 Å². The minimum Gasteiger partial charge on any atom is -0.314 e. The van der Waals surface area contributed by atoms with Gasteiger partial charge in [-0.1, -0.05) is 45.4 Å². The van der Waals surface area contributed by atoms with Crippen molar-refractivity contribution in [3.63, 3.8) is 0 Å². The topological polar surface area (TPSA) is 12.0 Å². The lowest BCUT2D eigenvalue weighted by Crippen LogP contribution is -2.30. The molecule has 0 saturated carbocycles. The van der Waals surface area contributed by atoms with Gasteiger partial charge in [0.1, 0.15) is 5.82 Å². The first-order chi connectivity index (χ1) is 8.90. The summed E-state index contributed by atoms with van der Waals surface area (Å²) in [5, 5.41) is 3.98. The maximum atomic E-state index is 13.8. The highest BCUT2D eigenvalue weighted by Gasteiger charge is 2.16. The van der Waals surface area contributed by atoms with Crippen molar-refractivity contribution in [2.45, 2.75) is 46.6 Å². The molecule has 0 aliphatic rings. The van der Waals surface area contributed by atoms with E-state index in [4.69, 9.17) is 11.6 Å². The summed E-state index contributed by atoms with van der Waals surface area (Å²) >= 11 is 6.11. The van der Waals surface area contributed by atoms with Crippen LogP contribution in [0.1, 0.15) is 39.7 Å². The standard InChI is InChI=1S/C16H25ClFN/c1-11(2)8-13(10-19-12(3)4)9-14-15(17)6-5-7-16(14)18/h5-7,11-13,19H,8-10H2,1-4H3. The predicted molar refractivity (Wildman–Crippen MR) is 81.2 cm³/mol. The van der Waals surface area contributed by atoms with Gasteiger partial charge in [-0.25, -0.2) is 4.39 Å². The lowest BCUT2D eigenvalue weighted by atomic mass is 9.90. The Morgan fingerprint density at radius 1 is 1.21 bits per heavy atom. The Balaban J connectivity index is 2.75. The maximum Gasteiger partial charge on any atom is 0.127 e. The molecule has 1 atom stereocenters. The van der Waals surface area contributed by atoms with Crippen LogP contribution in [-0.2, 0) is 6.42 Å². The molecule has 0 spiro atoms. The molecule has 0 amide bonds. The summed E-state index contributed by atoms with van der Waals surface area (Å²) < 4.78 is 13.8. The van der Waals surface area contributed by atoms with Crippen molar-refractivity contribution >= 4 is 11.6 Å². The van der Waals surface area contributed by atoms with Gasteiger partial charge < -0.3 is 5.32 Å². The van der Waals surface area contributed by atoms with Gasteiger partial charge in [0.05, 0.1) is 0 Å². The first-order valence-corrected chi connectivity index (χ1v) is 7.44. The Bertz CT molecular complexity index is 370. The molecule has 0 heterocycles. The van der Waals surface area contributed by atoms with Crippen molar-refractivity contribution in [3.05, 3.63) is 34.6 Å². The molecule has 19 heavy (non-hydrogen) atoms. The SMILES string of the molecule is CC(C)CC(CNC(C)C)Cc1c(F)cccc1Cl. The number of rotatable bonds is 7. The summed E-state index contributed by atoms with van der Waals surface area (Å²) in [5.74, 6) is 0.826. The molecule has 0 aromatic heterocycles. The molecule has 0 saturated heterocycles. The molecular formula is C16H25ClFN. The van der Waals surface area contributed by atoms with Crippen molar-refractivity contribution in [1.29, 1.82) is 0 Å². The lowest BCUT2D eigenvalue weighted by Gasteiger charge is -2.22. The van der Waals surface area contributed by atoms with E-state index in [2.05, 4.69) is 33.0 Å². The molecule has 0 fully saturated rings. The van der Waals surface area contributed by atoms with Gasteiger partial charge in [0, 0.05) is 16.6 Å². The van der Waals surface area contributed by atoms with Crippen molar-refractivity contribution in [1.82, 2.24) is 5.32 Å². The fourth-order valence-electron chi connectivity index (χ4n) is 2.32. The fourth-order valence-corrected chi connectivity index (χ4v) is 2.56. The van der Waals surface area contributed by atoms with Crippen LogP contribution in [0.15, 0.2) is 18.2 Å². The third-order valence-corrected chi connectivity index (χ3v) is 3.53. The Morgan fingerprint density at radius 3 is 2.42 bits per heavy atom. The predicted octanol–water partition coefficient (Wildman–Crippen LogP) is 4.68. The van der Waals surface area contributed by atoms with Gasteiger partial charge in [-0.15, -0.1) is 0 Å². The van der Waals surface area contributed by atoms with E-state index < -0.39 is 0 Å². The van der Waals surface area contributed by atoms with Gasteiger partial charge in [0.2, 0.25) is 0 Å². The normalized spacial score (nSPS) is 13.3. The summed E-state index contributed by atoms with van der Waals surface area (Å²) in [4.78, 5) is 0. The molecule has 1 N–H and O–H groups in total. The van der Waals surface area contributed by atoms with Gasteiger partial charge in [-0.2, -0.15) is 0 Å². The van der Waals surface area contributed by atoms with Crippen LogP contribution in [0.25, 0.3) is 0 Å². The second kappa shape index (κ2) is 7.86. The summed E-state index contributed by atoms with van der Waals surface area (Å²) in [6.45, 7) is 9.56. The summed E-state index contributed by atoms with van der Waals surface area (Å²) in [6, 6.07) is 5.36. The zero-order valence-corrected chi connectivity index (χ0v) is 13.1. The number of hydrogen-bond donors (Lipinski definition) is 1. The molecule has 0 aliphatic carbocycles. The Labute approximate surface area is 121 Å². The maximum absolute atomic E-state index is 13.8. The van der Waals surface area contributed by atoms with Crippen LogP contribution in [0.3, 0.4) is 0 Å². The highest BCUT2D eigenvalue weighted by Crippen LogP contribution is 2.25. The molecule has 1 aromatic rings. The van der Waals surface area contributed by atoms with Crippen molar-refractivity contribution in [2.24, 2.45) is 11.8 Å². The summed E-state index contributed by atoms with van der Waals surface area (Å²) in [5.41, 5.74) is 0.653. The van der Waals surface area contributed by atoms with Crippen molar-refractivity contribution in [2.75, 3.05) is 6.54 Å². The summed E-state index contributed by atoms with van der Waals surface area (Å²) in [6.07, 6.45) is 1.77. The van der Waals surface area contributed by atoms with Crippen LogP contribution < -0.4 is 5.32 Å². The van der Waals surface area contributed by atoms with E-state index >= 15 is 0 Å². The zero-order chi connectivity index (χ0) is 14.4. The van der Waals surface area contributed by atoms with Crippen LogP contribution in [0.2, 0.25) is 5.02 Å². The molecule has 3 heteroatoms. The molecule has 1 nitrogen and oxygen atoms in total. The van der Waals surface area contributed by atoms with Gasteiger partial charge in [0.25, 0.3) is 0 Å². The molecule has 0 aliphatic heterocycles. The number of benzene rings is 1. The first kappa shape index (κ1) is 16.5. The Morgan fingerprint density at radius 2 is 1.89 bits per heavy atom. The van der Waals surface area contributed by atoms with Crippen LogP contribution in [0.4, 0.5) is 4.39 Å². The second-order valence-electron chi connectivity index (χ2n) is 5.96. The van der Waals surface area contributed by atoms with E-state index in [1.807, 2.05) is 0 Å². The number of halogens is 2. The monoisotopic (exact) mass is 285 g/mol. The van der Waals surface area contributed by atoms with Gasteiger partial charge in [-0.05, 0) is 43.4 Å². The zero-order valence-electron chi connectivity index (χ0n) is 12.3. The van der Waals surface area contributed by atoms with Crippen molar-refractivity contribution in [3.8, 4) is 0 Å². The Kier molecular flexibility index (Phi) is 6.81. The minimum absolute atomic E-state index is 0.189. The largest absolute Gasteiger partial charge is 0.314 e. The van der Waals surface area contributed by atoms with E-state index in [9.17, 15) is 4.39 Å². The molecule has 1 aromatic carbocycles. The van der Waals surface area contributed by atoms with E-state index in [0.717, 1.165) is 13.0 Å². The smallest absolute Gasteiger partial charge is 0.127 e. The van der Waals surface area contributed by atoms with Gasteiger partial charge in [-0.3, -0.25) is 0 Å². The highest BCUT2D eigenvalue weighted by molar-refractivity contribution is 6.31. The quantitative estimate of drug-likeness (QED) is 0.767. The second-order valence-corrected chi connectivity index (χ2v) is 6.37. The third-order valence-electron chi connectivity index (χ3n) is 3.17. The lowest BCUT2D eigenvalue weighted by molar-refractivity contribution is 0.369. The van der Waals surface area contributed by atoms with E-state index in [0.29, 0.717) is 34.9 Å². The molecule has 108 valence electrons. The van der Waals surface area contributed by atoms with Crippen molar-refractivity contribution < 1.29 is 4.39 Å². The minimum atomic E-state index is -0.189. The molecular weight excluding hydrogens is 261 g/mol. The van der Waals surface area contributed by atoms with E-state index in [1.54, 1.807) is 12.1 Å². The number of hydrogen-bond acceptors (Lipinski definition) is 1. The van der Waals surface area contributed by atoms with E-state index in [-0.39, 0.29) is 5.82 Å². The van der Waals surface area contributed by atoms with Crippen LogP contribution in [0.5, 0.6) is 0 Å². The van der Waals surface area contributed by atoms with Gasteiger partial charge in [0.15, 0.2) is 0 Å². The average Bonchev–Trinajstić information content (AvgIpc) is 2.30. The first-order valence-electron chi connectivity index (χ1n) is 7.06. The van der Waals surface area contributed by atoms with Crippen LogP contribution >= 0.6 is 11.6 Å². The van der Waals surface area contributed by atoms with Crippen LogP contribution in [0, 0.1) is 17.7 Å². The average molecular weight is 286 g/mol. The Hall–Kier alpha value is -0.600. The number of nitrogens with one attached hydrogen (secondary N) is 1. The third kappa shape index (κ3) is 5.92. The summed E-state index contributed by atoms with van der Waals surface area (Å²) in [7, 11) is 0. The highest BCUT2D eigenvalue weighted by atomic mass is 35.5. The fraction of sp³-hybridized carbons (Fsp3) is 0.625.